The van der Waals surface area contributed by atoms with Crippen LogP contribution < -0.4 is 0 Å². The summed E-state index contributed by atoms with van der Waals surface area (Å²) in [6.07, 6.45) is -13.2. The maximum absolute atomic E-state index is 13.5. The first-order chi connectivity index (χ1) is 16.0. The molecule has 0 spiro atoms. The lowest BCUT2D eigenvalue weighted by molar-refractivity contribution is -0.474. The molecule has 0 saturated heterocycles. The minimum atomic E-state index is -9.25. The van der Waals surface area contributed by atoms with Crippen LogP contribution in [0.1, 0.15) is 12.8 Å². The van der Waals surface area contributed by atoms with Crippen molar-refractivity contribution in [1.82, 2.24) is 0 Å². The topological polar surface area (TPSA) is 54.4 Å². The number of alkyl halides is 21. The lowest BCUT2D eigenvalue weighted by atomic mass is 9.85. The van der Waals surface area contributed by atoms with Crippen LogP contribution >= 0.6 is 0 Å². The zero-order valence-electron chi connectivity index (χ0n) is 16.7. The summed E-state index contributed by atoms with van der Waals surface area (Å²) in [4.78, 5) is 0. The van der Waals surface area contributed by atoms with Gasteiger partial charge in [0.25, 0.3) is 10.1 Å². The number of rotatable bonds is 12. The lowest BCUT2D eigenvalue weighted by Crippen LogP contribution is -2.76. The first-order valence-corrected chi connectivity index (χ1v) is 9.99. The van der Waals surface area contributed by atoms with Gasteiger partial charge in [-0.25, -0.2) is 0 Å². The molecule has 25 heteroatoms. The Hall–Kier alpha value is -1.56. The van der Waals surface area contributed by atoms with Crippen molar-refractivity contribution in [2.75, 3.05) is 5.75 Å². The highest BCUT2D eigenvalue weighted by Gasteiger charge is 2.97. The summed E-state index contributed by atoms with van der Waals surface area (Å²) in [6.45, 7) is 0. The third-order valence-corrected chi connectivity index (χ3v) is 5.27. The van der Waals surface area contributed by atoms with Gasteiger partial charge in [-0.2, -0.15) is 101 Å². The second-order valence-corrected chi connectivity index (χ2v) is 8.76. The van der Waals surface area contributed by atoms with Crippen molar-refractivity contribution >= 4 is 10.1 Å². The second kappa shape index (κ2) is 9.24. The van der Waals surface area contributed by atoms with Crippen molar-refractivity contribution < 1.29 is 105 Å². The molecule has 38 heavy (non-hydrogen) atoms. The van der Waals surface area contributed by atoms with Crippen LogP contribution in [0, 0.1) is 0 Å². The van der Waals surface area contributed by atoms with E-state index >= 15 is 0 Å². The molecular formula is C13H7F21O3S. The van der Waals surface area contributed by atoms with Gasteiger partial charge in [0, 0.05) is 6.42 Å². The van der Waals surface area contributed by atoms with Crippen LogP contribution in [-0.4, -0.2) is 78.2 Å². The van der Waals surface area contributed by atoms with Crippen LogP contribution in [0.3, 0.4) is 0 Å². The average molecular weight is 642 g/mol. The van der Waals surface area contributed by atoms with E-state index in [0.717, 1.165) is 0 Å². The van der Waals surface area contributed by atoms with E-state index in [4.69, 9.17) is 4.55 Å². The maximum atomic E-state index is 13.5. The molecule has 0 aromatic carbocycles. The normalized spacial score (nSPS) is 16.7. The highest BCUT2D eigenvalue weighted by Crippen LogP contribution is 2.66. The molecule has 0 fully saturated rings. The van der Waals surface area contributed by atoms with Gasteiger partial charge in [-0.15, -0.1) is 0 Å². The summed E-state index contributed by atoms with van der Waals surface area (Å²) in [6, 6.07) is 0. The molecule has 0 rings (SSSR count). The molecule has 230 valence electrons. The second-order valence-electron chi connectivity index (χ2n) is 7.19. The molecule has 0 unspecified atom stereocenters. The summed E-state index contributed by atoms with van der Waals surface area (Å²) >= 11 is 0. The minimum Gasteiger partial charge on any atom is -0.286 e. The van der Waals surface area contributed by atoms with E-state index in [0.29, 0.717) is 0 Å². The number of halogens is 21. The summed E-state index contributed by atoms with van der Waals surface area (Å²) in [7, 11) is -5.38. The van der Waals surface area contributed by atoms with Gasteiger partial charge in [0.05, 0.1) is 5.75 Å². The van der Waals surface area contributed by atoms with E-state index in [1.54, 1.807) is 0 Å². The predicted molar refractivity (Wildman–Crippen MR) is 76.2 cm³/mol. The van der Waals surface area contributed by atoms with Crippen molar-refractivity contribution in [3.63, 3.8) is 0 Å². The van der Waals surface area contributed by atoms with Crippen LogP contribution in [0.2, 0.25) is 0 Å². The minimum absolute atomic E-state index is 2.04. The van der Waals surface area contributed by atoms with Gasteiger partial charge in [0.1, 0.15) is 0 Å². The van der Waals surface area contributed by atoms with Crippen LogP contribution in [0.25, 0.3) is 0 Å². The Balaban J connectivity index is 6.87. The standard InChI is InChI=1S/C13H7F21O3S/c14-4(15,2-1-3-38(35,36)37)5(16,17)6(18,19)7(20,21)8(22,23)9(24,25)10(26,27)11(28,29)12(30,31)13(32,33)34/h1-3H2,(H,35,36,37). The van der Waals surface area contributed by atoms with Gasteiger partial charge >= 0.3 is 59.5 Å². The molecule has 0 aliphatic carbocycles. The van der Waals surface area contributed by atoms with Crippen molar-refractivity contribution in [3.8, 4) is 0 Å². The molecule has 0 bridgehead atoms. The molecular weight excluding hydrogens is 635 g/mol. The Bertz CT molecular complexity index is 963. The van der Waals surface area contributed by atoms with Crippen molar-refractivity contribution in [3.05, 3.63) is 0 Å². The molecule has 0 radical (unpaired) electrons. The Morgan fingerprint density at radius 1 is 0.421 bits per heavy atom. The van der Waals surface area contributed by atoms with E-state index in [-0.39, 0.29) is 0 Å². The third kappa shape index (κ3) is 5.04. The van der Waals surface area contributed by atoms with E-state index in [2.05, 4.69) is 0 Å². The average Bonchev–Trinajstić information content (AvgIpc) is 2.64. The zero-order valence-corrected chi connectivity index (χ0v) is 17.5. The molecule has 0 aliphatic rings. The Morgan fingerprint density at radius 3 is 0.895 bits per heavy atom. The van der Waals surface area contributed by atoms with E-state index < -0.39 is 88.2 Å². The fourth-order valence-electron chi connectivity index (χ4n) is 2.22. The predicted octanol–water partition coefficient (Wildman–Crippen LogP) is 6.93. The lowest BCUT2D eigenvalue weighted by Gasteiger charge is -2.44. The van der Waals surface area contributed by atoms with Gasteiger partial charge in [-0.05, 0) is 6.42 Å². The van der Waals surface area contributed by atoms with Crippen LogP contribution in [0.4, 0.5) is 92.2 Å². The molecule has 0 amide bonds. The van der Waals surface area contributed by atoms with Gasteiger partial charge in [0.15, 0.2) is 0 Å². The first-order valence-electron chi connectivity index (χ1n) is 8.38. The molecule has 0 aromatic rings. The van der Waals surface area contributed by atoms with Crippen molar-refractivity contribution in [1.29, 1.82) is 0 Å². The SMILES string of the molecule is O=S(=O)(O)CCCC(F)(F)C(F)(F)C(F)(F)C(F)(F)C(F)(F)C(F)(F)C(F)(F)C(F)(F)C(F)(F)C(F)(F)F. The van der Waals surface area contributed by atoms with Gasteiger partial charge in [-0.3, -0.25) is 4.55 Å². The molecule has 1 N–H and O–H groups in total. The van der Waals surface area contributed by atoms with Gasteiger partial charge < -0.3 is 0 Å². The maximum Gasteiger partial charge on any atom is 0.460 e. The fraction of sp³-hybridized carbons (Fsp3) is 1.00. The first kappa shape index (κ1) is 36.4. The van der Waals surface area contributed by atoms with Crippen molar-refractivity contribution in [2.24, 2.45) is 0 Å². The fourth-order valence-corrected chi connectivity index (χ4v) is 2.73. The highest BCUT2D eigenvalue weighted by molar-refractivity contribution is 7.85. The highest BCUT2D eigenvalue weighted by atomic mass is 32.2. The summed E-state index contributed by atoms with van der Waals surface area (Å²) in [5, 5.41) is 0. The van der Waals surface area contributed by atoms with E-state index in [1.165, 1.54) is 0 Å². The molecule has 0 heterocycles. The van der Waals surface area contributed by atoms with Gasteiger partial charge in [0.2, 0.25) is 0 Å². The Labute approximate surface area is 194 Å². The number of hydrogen-bond acceptors (Lipinski definition) is 2. The van der Waals surface area contributed by atoms with E-state index in [1.807, 2.05) is 0 Å². The van der Waals surface area contributed by atoms with E-state index in [9.17, 15) is 101 Å². The van der Waals surface area contributed by atoms with Crippen LogP contribution in [0.5, 0.6) is 0 Å². The van der Waals surface area contributed by atoms with Crippen molar-refractivity contribution in [2.45, 2.75) is 72.3 Å². The molecule has 0 aliphatic heterocycles. The summed E-state index contributed by atoms with van der Waals surface area (Å²) in [5.74, 6) is -79.9. The molecule has 0 atom stereocenters. The molecule has 3 nitrogen and oxygen atoms in total. The largest absolute Gasteiger partial charge is 0.460 e. The molecule has 0 saturated carbocycles. The quantitative estimate of drug-likeness (QED) is 0.186. The molecule has 0 aromatic heterocycles. The number of hydrogen-bond donors (Lipinski definition) is 1. The summed E-state index contributed by atoms with van der Waals surface area (Å²) < 4.78 is 304. The third-order valence-electron chi connectivity index (χ3n) is 4.47. The monoisotopic (exact) mass is 642 g/mol. The van der Waals surface area contributed by atoms with Gasteiger partial charge in [-0.1, -0.05) is 0 Å². The van der Waals surface area contributed by atoms with Crippen LogP contribution in [0.15, 0.2) is 0 Å². The Morgan fingerprint density at radius 2 is 0.658 bits per heavy atom. The van der Waals surface area contributed by atoms with Crippen LogP contribution in [-0.2, 0) is 10.1 Å². The zero-order chi connectivity index (χ0) is 31.6. The smallest absolute Gasteiger partial charge is 0.286 e. The Kier molecular flexibility index (Phi) is 8.86. The summed E-state index contributed by atoms with van der Waals surface area (Å²) in [5.41, 5.74) is 0.